The van der Waals surface area contributed by atoms with E-state index < -0.39 is 21.7 Å². The zero-order valence-corrected chi connectivity index (χ0v) is 13.9. The van der Waals surface area contributed by atoms with E-state index in [9.17, 15) is 13.2 Å². The Labute approximate surface area is 131 Å². The highest BCUT2D eigenvalue weighted by atomic mass is 32.2. The number of sulfonamides is 1. The Kier molecular flexibility index (Phi) is 4.77. The van der Waals surface area contributed by atoms with Crippen LogP contribution in [0.4, 0.5) is 4.79 Å². The van der Waals surface area contributed by atoms with Gasteiger partial charge in [-0.2, -0.15) is 4.31 Å². The van der Waals surface area contributed by atoms with Gasteiger partial charge in [-0.3, -0.25) is 0 Å². The molecule has 0 atom stereocenters. The molecular weight excluding hydrogens is 304 g/mol. The Morgan fingerprint density at radius 2 is 1.68 bits per heavy atom. The molecule has 1 heterocycles. The van der Waals surface area contributed by atoms with Gasteiger partial charge in [0.05, 0.1) is 4.90 Å². The smallest absolute Gasteiger partial charge is 0.410 e. The Balaban J connectivity index is 1.99. The van der Waals surface area contributed by atoms with E-state index in [1.807, 2.05) is 0 Å². The molecule has 6 nitrogen and oxygen atoms in total. The summed E-state index contributed by atoms with van der Waals surface area (Å²) < 4.78 is 31.6. The van der Waals surface area contributed by atoms with Crippen molar-refractivity contribution in [3.8, 4) is 0 Å². The quantitative estimate of drug-likeness (QED) is 0.830. The Bertz CT molecular complexity index is 615. The van der Waals surface area contributed by atoms with Crippen LogP contribution in [0.2, 0.25) is 0 Å². The molecule has 0 spiro atoms. The van der Waals surface area contributed by atoms with Crippen molar-refractivity contribution in [3.63, 3.8) is 0 Å². The zero-order chi connectivity index (χ0) is 16.4. The average Bonchev–Trinajstić information content (AvgIpc) is 2.46. The first-order valence-electron chi connectivity index (χ1n) is 7.14. The lowest BCUT2D eigenvalue weighted by Crippen LogP contribution is -2.51. The molecule has 1 aliphatic heterocycles. The van der Waals surface area contributed by atoms with Crippen molar-refractivity contribution in [1.82, 2.24) is 9.21 Å². The van der Waals surface area contributed by atoms with Gasteiger partial charge in [0, 0.05) is 26.2 Å². The molecular formula is C15H21N2O4S. The number of carbonyl (C=O) groups is 1. The minimum atomic E-state index is -3.51. The number of benzene rings is 1. The molecule has 121 valence electrons. The first kappa shape index (κ1) is 16.8. The van der Waals surface area contributed by atoms with Gasteiger partial charge in [0.15, 0.2) is 0 Å². The molecule has 7 heteroatoms. The van der Waals surface area contributed by atoms with Crippen molar-refractivity contribution in [2.75, 3.05) is 26.2 Å². The van der Waals surface area contributed by atoms with E-state index in [4.69, 9.17) is 4.74 Å². The van der Waals surface area contributed by atoms with Gasteiger partial charge in [-0.05, 0) is 39.0 Å². The van der Waals surface area contributed by atoms with Crippen molar-refractivity contribution in [2.45, 2.75) is 31.3 Å². The van der Waals surface area contributed by atoms with Crippen molar-refractivity contribution < 1.29 is 17.9 Å². The first-order valence-corrected chi connectivity index (χ1v) is 8.58. The monoisotopic (exact) mass is 325 g/mol. The van der Waals surface area contributed by atoms with E-state index >= 15 is 0 Å². The van der Waals surface area contributed by atoms with Crippen LogP contribution >= 0.6 is 0 Å². The first-order chi connectivity index (χ1) is 10.2. The average molecular weight is 325 g/mol. The third-order valence-electron chi connectivity index (χ3n) is 3.22. The Morgan fingerprint density at radius 3 is 2.18 bits per heavy atom. The molecule has 1 saturated heterocycles. The fraction of sp³-hybridized carbons (Fsp3) is 0.533. The number of hydrogen-bond acceptors (Lipinski definition) is 4. The third kappa shape index (κ3) is 3.98. The minimum absolute atomic E-state index is 0.247. The van der Waals surface area contributed by atoms with Gasteiger partial charge < -0.3 is 9.64 Å². The molecule has 1 aliphatic rings. The number of amides is 1. The number of nitrogens with zero attached hydrogens (tertiary/aromatic N) is 2. The molecule has 0 aliphatic carbocycles. The number of hydrogen-bond donors (Lipinski definition) is 0. The summed E-state index contributed by atoms with van der Waals surface area (Å²) >= 11 is 0. The molecule has 22 heavy (non-hydrogen) atoms. The molecule has 1 fully saturated rings. The normalized spacial score (nSPS) is 17.3. The summed E-state index contributed by atoms with van der Waals surface area (Å²) in [4.78, 5) is 13.8. The topological polar surface area (TPSA) is 66.9 Å². The van der Waals surface area contributed by atoms with Gasteiger partial charge in [0.25, 0.3) is 0 Å². The maximum atomic E-state index is 12.5. The van der Waals surface area contributed by atoms with Crippen LogP contribution in [0, 0.1) is 6.07 Å². The van der Waals surface area contributed by atoms with E-state index in [0.29, 0.717) is 13.1 Å². The van der Waals surface area contributed by atoms with Crippen LogP contribution < -0.4 is 0 Å². The molecule has 2 rings (SSSR count). The summed E-state index contributed by atoms with van der Waals surface area (Å²) in [5, 5.41) is 0. The zero-order valence-electron chi connectivity index (χ0n) is 13.1. The summed E-state index contributed by atoms with van der Waals surface area (Å²) in [6, 6.07) is 8.99. The SMILES string of the molecule is CC(C)(C)OC(=O)N1CCN(S(=O)(=O)c2cc[c]cc2)CC1. The van der Waals surface area contributed by atoms with Gasteiger partial charge in [-0.25, -0.2) is 13.2 Å². The summed E-state index contributed by atoms with van der Waals surface area (Å²) in [5.74, 6) is 0. The number of ether oxygens (including phenoxy) is 1. The largest absolute Gasteiger partial charge is 0.444 e. The Morgan fingerprint density at radius 1 is 1.14 bits per heavy atom. The summed E-state index contributed by atoms with van der Waals surface area (Å²) in [6.07, 6.45) is -0.404. The minimum Gasteiger partial charge on any atom is -0.444 e. The second-order valence-electron chi connectivity index (χ2n) is 6.11. The van der Waals surface area contributed by atoms with Crippen LogP contribution in [0.3, 0.4) is 0 Å². The lowest BCUT2D eigenvalue weighted by Gasteiger charge is -2.34. The van der Waals surface area contributed by atoms with Gasteiger partial charge >= 0.3 is 6.09 Å². The van der Waals surface area contributed by atoms with Crippen molar-refractivity contribution >= 4 is 16.1 Å². The molecule has 1 amide bonds. The standard InChI is InChI=1S/C15H21N2O4S/c1-15(2,3)21-14(18)16-9-11-17(12-10-16)22(19,20)13-7-5-4-6-8-13/h5-8H,9-12H2,1-3H3. The maximum Gasteiger partial charge on any atom is 0.410 e. The highest BCUT2D eigenvalue weighted by Crippen LogP contribution is 2.18. The maximum absolute atomic E-state index is 12.5. The summed E-state index contributed by atoms with van der Waals surface area (Å²) in [6.45, 7) is 6.59. The molecule has 0 N–H and O–H groups in total. The van der Waals surface area contributed by atoms with Crippen LogP contribution in [0.25, 0.3) is 0 Å². The Hall–Kier alpha value is -1.60. The molecule has 0 bridgehead atoms. The predicted molar refractivity (Wildman–Crippen MR) is 81.8 cm³/mol. The number of carbonyl (C=O) groups excluding carboxylic acids is 1. The van der Waals surface area contributed by atoms with E-state index in [2.05, 4.69) is 6.07 Å². The van der Waals surface area contributed by atoms with Crippen molar-refractivity contribution in [2.24, 2.45) is 0 Å². The fourth-order valence-electron chi connectivity index (χ4n) is 2.13. The molecule has 1 aromatic carbocycles. The van der Waals surface area contributed by atoms with E-state index in [1.165, 1.54) is 21.3 Å². The summed E-state index contributed by atoms with van der Waals surface area (Å²) in [5.41, 5.74) is -0.555. The van der Waals surface area contributed by atoms with Gasteiger partial charge in [-0.15, -0.1) is 0 Å². The van der Waals surface area contributed by atoms with Gasteiger partial charge in [0.1, 0.15) is 5.60 Å². The highest BCUT2D eigenvalue weighted by Gasteiger charge is 2.31. The lowest BCUT2D eigenvalue weighted by molar-refractivity contribution is 0.0192. The molecule has 0 aromatic heterocycles. The molecule has 1 radical (unpaired) electrons. The van der Waals surface area contributed by atoms with Crippen LogP contribution in [0.15, 0.2) is 29.2 Å². The predicted octanol–water partition coefficient (Wildman–Crippen LogP) is 1.73. The van der Waals surface area contributed by atoms with Crippen LogP contribution in [-0.2, 0) is 14.8 Å². The third-order valence-corrected chi connectivity index (χ3v) is 5.13. The highest BCUT2D eigenvalue weighted by molar-refractivity contribution is 7.89. The fourth-order valence-corrected chi connectivity index (χ4v) is 3.55. The number of piperazine rings is 1. The van der Waals surface area contributed by atoms with Gasteiger partial charge in [0.2, 0.25) is 10.0 Å². The van der Waals surface area contributed by atoms with Crippen LogP contribution in [0.1, 0.15) is 20.8 Å². The van der Waals surface area contributed by atoms with E-state index in [-0.39, 0.29) is 18.0 Å². The molecule has 0 saturated carbocycles. The van der Waals surface area contributed by atoms with Crippen molar-refractivity contribution in [3.05, 3.63) is 30.3 Å². The van der Waals surface area contributed by atoms with Crippen LogP contribution in [-0.4, -0.2) is 55.5 Å². The molecule has 1 aromatic rings. The van der Waals surface area contributed by atoms with E-state index in [1.54, 1.807) is 32.9 Å². The van der Waals surface area contributed by atoms with Crippen molar-refractivity contribution in [1.29, 1.82) is 0 Å². The van der Waals surface area contributed by atoms with E-state index in [0.717, 1.165) is 0 Å². The van der Waals surface area contributed by atoms with Gasteiger partial charge in [-0.1, -0.05) is 12.1 Å². The molecule has 0 unspecified atom stereocenters. The summed E-state index contributed by atoms with van der Waals surface area (Å²) in [7, 11) is -3.51. The van der Waals surface area contributed by atoms with Crippen LogP contribution in [0.5, 0.6) is 0 Å². The second-order valence-corrected chi connectivity index (χ2v) is 8.05. The number of rotatable bonds is 2. The lowest BCUT2D eigenvalue weighted by atomic mass is 10.2. The second kappa shape index (κ2) is 6.26.